The average molecular weight is 470 g/mol. The highest BCUT2D eigenvalue weighted by molar-refractivity contribution is 6.42. The first-order chi connectivity index (χ1) is 14.2. The summed E-state index contributed by atoms with van der Waals surface area (Å²) in [7, 11) is 0. The maximum atomic E-state index is 13.3. The molecule has 2 aromatic rings. The zero-order valence-corrected chi connectivity index (χ0v) is 19.7. The standard InChI is InChI=1S/C23H27Cl3N2O2/c1-4-15(3)27-23(30)21(5-2)28(14-17-8-11-19(25)20(26)12-17)22(29)13-16-6-9-18(24)10-7-16/h6-12,15,21H,4-5,13-14H2,1-3H3,(H,27,30). The van der Waals surface area contributed by atoms with Gasteiger partial charge in [0.25, 0.3) is 0 Å². The number of hydrogen-bond donors (Lipinski definition) is 1. The van der Waals surface area contributed by atoms with Crippen LogP contribution < -0.4 is 5.32 Å². The van der Waals surface area contributed by atoms with E-state index in [9.17, 15) is 9.59 Å². The van der Waals surface area contributed by atoms with E-state index in [0.717, 1.165) is 17.5 Å². The molecule has 2 rings (SSSR count). The molecular formula is C23H27Cl3N2O2. The maximum Gasteiger partial charge on any atom is 0.243 e. The fourth-order valence-corrected chi connectivity index (χ4v) is 3.52. The number of benzene rings is 2. The van der Waals surface area contributed by atoms with E-state index < -0.39 is 6.04 Å². The van der Waals surface area contributed by atoms with Gasteiger partial charge in [-0.05, 0) is 55.2 Å². The zero-order chi connectivity index (χ0) is 22.3. The van der Waals surface area contributed by atoms with Gasteiger partial charge in [0.05, 0.1) is 16.5 Å². The van der Waals surface area contributed by atoms with Crippen molar-refractivity contribution in [3.8, 4) is 0 Å². The highest BCUT2D eigenvalue weighted by Gasteiger charge is 2.29. The lowest BCUT2D eigenvalue weighted by Gasteiger charge is -2.31. The lowest BCUT2D eigenvalue weighted by atomic mass is 10.1. The fraction of sp³-hybridized carbons (Fsp3) is 0.391. The van der Waals surface area contributed by atoms with Crippen LogP contribution in [-0.2, 0) is 22.6 Å². The first-order valence-electron chi connectivity index (χ1n) is 10.0. The van der Waals surface area contributed by atoms with E-state index in [1.54, 1.807) is 29.2 Å². The Labute approximate surface area is 193 Å². The summed E-state index contributed by atoms with van der Waals surface area (Å²) in [5.74, 6) is -0.300. The third-order valence-corrected chi connectivity index (χ3v) is 5.98. The molecule has 0 spiro atoms. The minimum absolute atomic E-state index is 0.0322. The van der Waals surface area contributed by atoms with E-state index in [0.29, 0.717) is 21.5 Å². The quantitative estimate of drug-likeness (QED) is 0.496. The van der Waals surface area contributed by atoms with Gasteiger partial charge in [-0.3, -0.25) is 9.59 Å². The average Bonchev–Trinajstić information content (AvgIpc) is 2.72. The summed E-state index contributed by atoms with van der Waals surface area (Å²) >= 11 is 18.1. The van der Waals surface area contributed by atoms with Gasteiger partial charge in [-0.1, -0.05) is 66.8 Å². The Balaban J connectivity index is 2.31. The van der Waals surface area contributed by atoms with Gasteiger partial charge in [-0.2, -0.15) is 0 Å². The molecule has 0 saturated heterocycles. The molecule has 1 N–H and O–H groups in total. The summed E-state index contributed by atoms with van der Waals surface area (Å²) in [6.45, 7) is 6.11. The van der Waals surface area contributed by atoms with Gasteiger partial charge in [0.2, 0.25) is 11.8 Å². The predicted octanol–water partition coefficient (Wildman–Crippen LogP) is 5.91. The summed E-state index contributed by atoms with van der Waals surface area (Å²) in [5.41, 5.74) is 1.64. The Bertz CT molecular complexity index is 871. The van der Waals surface area contributed by atoms with Gasteiger partial charge >= 0.3 is 0 Å². The third kappa shape index (κ3) is 6.90. The number of carbonyl (C=O) groups is 2. The second kappa shape index (κ2) is 11.6. The van der Waals surface area contributed by atoms with Crippen molar-refractivity contribution in [3.63, 3.8) is 0 Å². The molecule has 0 aliphatic heterocycles. The smallest absolute Gasteiger partial charge is 0.243 e. The molecule has 2 amide bonds. The van der Waals surface area contributed by atoms with Crippen LogP contribution in [0.15, 0.2) is 42.5 Å². The van der Waals surface area contributed by atoms with Crippen LogP contribution >= 0.6 is 34.8 Å². The normalized spacial score (nSPS) is 12.9. The van der Waals surface area contributed by atoms with Gasteiger partial charge in [-0.25, -0.2) is 0 Å². The summed E-state index contributed by atoms with van der Waals surface area (Å²) in [4.78, 5) is 27.8. The van der Waals surface area contributed by atoms with E-state index in [2.05, 4.69) is 5.32 Å². The topological polar surface area (TPSA) is 49.4 Å². The molecule has 7 heteroatoms. The number of amides is 2. The van der Waals surface area contributed by atoms with Crippen LogP contribution in [0.2, 0.25) is 15.1 Å². The van der Waals surface area contributed by atoms with Crippen LogP contribution in [0.5, 0.6) is 0 Å². The van der Waals surface area contributed by atoms with E-state index in [1.165, 1.54) is 0 Å². The second-order valence-electron chi connectivity index (χ2n) is 7.32. The fourth-order valence-electron chi connectivity index (χ4n) is 3.07. The first kappa shape index (κ1) is 24.5. The maximum absolute atomic E-state index is 13.3. The highest BCUT2D eigenvalue weighted by atomic mass is 35.5. The molecule has 0 heterocycles. The van der Waals surface area contributed by atoms with Crippen molar-refractivity contribution in [2.24, 2.45) is 0 Å². The van der Waals surface area contributed by atoms with Crippen LogP contribution in [0, 0.1) is 0 Å². The number of hydrogen-bond acceptors (Lipinski definition) is 2. The molecule has 0 fully saturated rings. The van der Waals surface area contributed by atoms with Crippen LogP contribution in [0.1, 0.15) is 44.7 Å². The van der Waals surface area contributed by atoms with Crippen molar-refractivity contribution in [2.45, 2.75) is 58.7 Å². The van der Waals surface area contributed by atoms with Crippen molar-refractivity contribution in [3.05, 3.63) is 68.7 Å². The molecule has 2 unspecified atom stereocenters. The van der Waals surface area contributed by atoms with Crippen LogP contribution in [-0.4, -0.2) is 28.8 Å². The largest absolute Gasteiger partial charge is 0.352 e. The molecule has 4 nitrogen and oxygen atoms in total. The zero-order valence-electron chi connectivity index (χ0n) is 17.4. The summed E-state index contributed by atoms with van der Waals surface area (Å²) in [6, 6.07) is 11.8. The predicted molar refractivity (Wildman–Crippen MR) is 124 cm³/mol. The van der Waals surface area contributed by atoms with Crippen molar-refractivity contribution in [1.29, 1.82) is 0 Å². The summed E-state index contributed by atoms with van der Waals surface area (Å²) < 4.78 is 0. The number of rotatable bonds is 9. The van der Waals surface area contributed by atoms with E-state index in [4.69, 9.17) is 34.8 Å². The third-order valence-electron chi connectivity index (χ3n) is 4.99. The van der Waals surface area contributed by atoms with Gasteiger partial charge in [0.1, 0.15) is 6.04 Å². The number of halogens is 3. The lowest BCUT2D eigenvalue weighted by molar-refractivity contribution is -0.141. The summed E-state index contributed by atoms with van der Waals surface area (Å²) in [5, 5.41) is 4.46. The van der Waals surface area contributed by atoms with Crippen molar-refractivity contribution in [1.82, 2.24) is 10.2 Å². The van der Waals surface area contributed by atoms with Gasteiger partial charge < -0.3 is 10.2 Å². The number of nitrogens with zero attached hydrogens (tertiary/aromatic N) is 1. The molecule has 0 aliphatic carbocycles. The van der Waals surface area contributed by atoms with E-state index in [-0.39, 0.29) is 30.8 Å². The lowest BCUT2D eigenvalue weighted by Crippen LogP contribution is -2.51. The van der Waals surface area contributed by atoms with Crippen LogP contribution in [0.25, 0.3) is 0 Å². The van der Waals surface area contributed by atoms with Crippen molar-refractivity contribution in [2.75, 3.05) is 0 Å². The van der Waals surface area contributed by atoms with E-state index >= 15 is 0 Å². The molecule has 2 aromatic carbocycles. The molecule has 30 heavy (non-hydrogen) atoms. The van der Waals surface area contributed by atoms with Gasteiger partial charge in [-0.15, -0.1) is 0 Å². The Morgan fingerprint density at radius 3 is 2.13 bits per heavy atom. The van der Waals surface area contributed by atoms with Crippen LogP contribution in [0.4, 0.5) is 0 Å². The Morgan fingerprint density at radius 2 is 1.57 bits per heavy atom. The first-order valence-corrected chi connectivity index (χ1v) is 11.2. The Kier molecular flexibility index (Phi) is 9.47. The molecule has 2 atom stereocenters. The van der Waals surface area contributed by atoms with Crippen molar-refractivity contribution >= 4 is 46.6 Å². The Morgan fingerprint density at radius 1 is 0.933 bits per heavy atom. The van der Waals surface area contributed by atoms with Gasteiger partial charge in [0.15, 0.2) is 0 Å². The Hall–Kier alpha value is -1.75. The molecule has 162 valence electrons. The van der Waals surface area contributed by atoms with E-state index in [1.807, 2.05) is 39.0 Å². The number of nitrogens with one attached hydrogen (secondary N) is 1. The molecule has 0 aliphatic rings. The second-order valence-corrected chi connectivity index (χ2v) is 8.57. The molecular weight excluding hydrogens is 443 g/mol. The highest BCUT2D eigenvalue weighted by Crippen LogP contribution is 2.24. The van der Waals surface area contributed by atoms with Crippen molar-refractivity contribution < 1.29 is 9.59 Å². The minimum atomic E-state index is -0.590. The molecule has 0 saturated carbocycles. The van der Waals surface area contributed by atoms with Gasteiger partial charge in [0, 0.05) is 17.6 Å². The monoisotopic (exact) mass is 468 g/mol. The minimum Gasteiger partial charge on any atom is -0.352 e. The summed E-state index contributed by atoms with van der Waals surface area (Å²) in [6.07, 6.45) is 1.48. The number of carbonyl (C=O) groups excluding carboxylic acids is 2. The molecule has 0 aromatic heterocycles. The molecule has 0 radical (unpaired) electrons. The molecule has 0 bridgehead atoms. The SMILES string of the molecule is CCC(C)NC(=O)C(CC)N(Cc1ccc(Cl)c(Cl)c1)C(=O)Cc1ccc(Cl)cc1. The van der Waals surface area contributed by atoms with Crippen LogP contribution in [0.3, 0.4) is 0 Å².